The summed E-state index contributed by atoms with van der Waals surface area (Å²) in [6, 6.07) is 93.1. The lowest BCUT2D eigenvalue weighted by Gasteiger charge is -2.28. The van der Waals surface area contributed by atoms with Gasteiger partial charge in [-0.05, 0) is 175 Å². The van der Waals surface area contributed by atoms with Crippen LogP contribution in [0.15, 0.2) is 272 Å². The second-order valence-electron chi connectivity index (χ2n) is 26.7. The number of anilines is 6. The van der Waals surface area contributed by atoms with E-state index >= 15 is 0 Å². The molecule has 0 saturated carbocycles. The van der Waals surface area contributed by atoms with Gasteiger partial charge in [-0.3, -0.25) is 0 Å². The molecule has 21 rings (SSSR count). The van der Waals surface area contributed by atoms with Gasteiger partial charge in [-0.1, -0.05) is 149 Å². The van der Waals surface area contributed by atoms with E-state index in [1.54, 1.807) is 0 Å². The highest BCUT2D eigenvalue weighted by Gasteiger charge is 2.39. The molecule has 19 aromatic rings. The first kappa shape index (κ1) is 51.4. The number of thiophene rings is 1. The SMILES string of the molecule is CC1(C)c2cc(N(c3ccc4c(c3)oc3ccccc34)c3ccc4c(c3)oc3cc5c(cc34)sc3cc4c(cc35)oc3cc(N(c5ccc6c(c5)C(C)(C)c5ccc7ccccc7c5-6)c5ccc6c(c5)oc5ccccc56)ccc34)ccc2-c2c1ccc1ccccc21. The van der Waals surface area contributed by atoms with Crippen molar-refractivity contribution < 1.29 is 17.7 Å². The number of hydrogen-bond donors (Lipinski definition) is 0. The lowest BCUT2D eigenvalue weighted by Crippen LogP contribution is -2.16. The van der Waals surface area contributed by atoms with Gasteiger partial charge in [-0.2, -0.15) is 0 Å². The fourth-order valence-electron chi connectivity index (χ4n) is 16.4. The fourth-order valence-corrected chi connectivity index (χ4v) is 17.6. The molecule has 2 aliphatic carbocycles. The molecule has 93 heavy (non-hydrogen) atoms. The molecule has 0 N–H and O–H groups in total. The Morgan fingerprint density at radius 2 is 0.570 bits per heavy atom. The summed E-state index contributed by atoms with van der Waals surface area (Å²) in [5.41, 5.74) is 23.0. The number of fused-ring (bicyclic) bond motifs is 25. The first-order chi connectivity index (χ1) is 45.5. The Balaban J connectivity index is 0.678. The van der Waals surface area contributed by atoms with Crippen LogP contribution in [0.4, 0.5) is 34.1 Å². The van der Waals surface area contributed by atoms with Crippen LogP contribution >= 0.6 is 11.3 Å². The van der Waals surface area contributed by atoms with Crippen molar-refractivity contribution in [2.24, 2.45) is 0 Å². The maximum atomic E-state index is 7.02. The monoisotopic (exact) mass is 1210 g/mol. The lowest BCUT2D eigenvalue weighted by atomic mass is 9.82. The van der Waals surface area contributed by atoms with Crippen molar-refractivity contribution in [1.82, 2.24) is 0 Å². The van der Waals surface area contributed by atoms with E-state index in [-0.39, 0.29) is 10.8 Å². The van der Waals surface area contributed by atoms with Crippen LogP contribution in [0.3, 0.4) is 0 Å². The molecule has 0 aliphatic heterocycles. The van der Waals surface area contributed by atoms with E-state index in [0.717, 1.165) is 133 Å². The fraction of sp³-hybridized carbons (Fsp3) is 0.0698. The van der Waals surface area contributed by atoms with Gasteiger partial charge in [0.05, 0.1) is 0 Å². The molecule has 0 fully saturated rings. The van der Waals surface area contributed by atoms with Crippen LogP contribution in [-0.2, 0) is 10.8 Å². The number of rotatable bonds is 6. The molecule has 0 spiro atoms. The van der Waals surface area contributed by atoms with Gasteiger partial charge in [0, 0.05) is 132 Å². The van der Waals surface area contributed by atoms with E-state index in [4.69, 9.17) is 17.7 Å². The lowest BCUT2D eigenvalue weighted by molar-refractivity contribution is 0.660. The minimum atomic E-state index is -0.221. The molecule has 0 bridgehead atoms. The van der Waals surface area contributed by atoms with E-state index in [1.165, 1.54) is 75.5 Å². The molecule has 5 heterocycles. The molecule has 0 radical (unpaired) electrons. The van der Waals surface area contributed by atoms with Crippen LogP contribution in [0.25, 0.3) is 152 Å². The molecular formula is C86H54N2O4S. The predicted molar refractivity (Wildman–Crippen MR) is 388 cm³/mol. The zero-order valence-electron chi connectivity index (χ0n) is 51.2. The molecular weight excluding hydrogens is 1160 g/mol. The Kier molecular flexibility index (Phi) is 10.0. The van der Waals surface area contributed by atoms with Gasteiger partial charge in [0.2, 0.25) is 0 Å². The van der Waals surface area contributed by atoms with Crippen molar-refractivity contribution in [2.75, 3.05) is 9.80 Å². The standard InChI is InChI=1S/C86H54N2O4S/c1-85(2)69-35-21-47-13-5-7-15-55(47)83(69)63-33-27-49(37-71(63)85)87(51-23-29-59-57-17-9-11-19-73(57)89-75(59)39-51)53-25-31-61-65-45-81-67(43-79(65)91-77(61)41-53)68-44-80-66(46-82(68)93-81)62-32-26-54(42-78(62)92-80)88(52-24-30-60-58-18-10-12-20-74(58)90-76(60)40-52)50-28-34-64-72(38-50)86(3,4)70-36-22-48-14-6-8-16-56(48)84(64)70/h5-46H,1-4H3. The van der Waals surface area contributed by atoms with Crippen LogP contribution in [0.5, 0.6) is 0 Å². The van der Waals surface area contributed by atoms with Gasteiger partial charge in [0.1, 0.15) is 44.7 Å². The largest absolute Gasteiger partial charge is 0.456 e. The number of nitrogens with zero attached hydrogens (tertiary/aromatic N) is 2. The minimum Gasteiger partial charge on any atom is -0.456 e. The molecule has 2 aliphatic rings. The van der Waals surface area contributed by atoms with Gasteiger partial charge < -0.3 is 27.5 Å². The number of hydrogen-bond acceptors (Lipinski definition) is 7. The van der Waals surface area contributed by atoms with E-state index in [9.17, 15) is 0 Å². The number of furan rings is 4. The number of benzene rings is 14. The third-order valence-electron chi connectivity index (χ3n) is 21.0. The first-order valence-electron chi connectivity index (χ1n) is 32.0. The second-order valence-corrected chi connectivity index (χ2v) is 27.8. The van der Waals surface area contributed by atoms with E-state index in [2.05, 4.69) is 268 Å². The van der Waals surface area contributed by atoms with Gasteiger partial charge in [-0.25, -0.2) is 0 Å². The number of para-hydroxylation sites is 2. The molecule has 0 amide bonds. The van der Waals surface area contributed by atoms with Crippen LogP contribution < -0.4 is 9.80 Å². The van der Waals surface area contributed by atoms with Crippen molar-refractivity contribution in [2.45, 2.75) is 38.5 Å². The first-order valence-corrected chi connectivity index (χ1v) is 32.8. The molecule has 7 heteroatoms. The smallest absolute Gasteiger partial charge is 0.137 e. The highest BCUT2D eigenvalue weighted by molar-refractivity contribution is 7.26. The van der Waals surface area contributed by atoms with Crippen LogP contribution in [0.2, 0.25) is 0 Å². The van der Waals surface area contributed by atoms with E-state index in [0.29, 0.717) is 0 Å². The second kappa shape index (κ2) is 18.2. The highest BCUT2D eigenvalue weighted by atomic mass is 32.1. The topological polar surface area (TPSA) is 59.0 Å². The third kappa shape index (κ3) is 7.12. The van der Waals surface area contributed by atoms with Crippen molar-refractivity contribution >= 4 is 175 Å². The van der Waals surface area contributed by atoms with E-state index in [1.807, 2.05) is 35.6 Å². The minimum absolute atomic E-state index is 0.221. The van der Waals surface area contributed by atoms with Crippen molar-refractivity contribution in [3.8, 4) is 22.3 Å². The molecule has 5 aromatic heterocycles. The van der Waals surface area contributed by atoms with Gasteiger partial charge >= 0.3 is 0 Å². The van der Waals surface area contributed by atoms with Crippen molar-refractivity contribution in [3.63, 3.8) is 0 Å². The Labute approximate surface area is 536 Å². The normalized spacial score (nSPS) is 14.0. The summed E-state index contributed by atoms with van der Waals surface area (Å²) in [6.07, 6.45) is 0. The zero-order chi connectivity index (χ0) is 61.3. The van der Waals surface area contributed by atoms with Crippen LogP contribution in [0, 0.1) is 0 Å². The maximum Gasteiger partial charge on any atom is 0.137 e. The predicted octanol–water partition coefficient (Wildman–Crippen LogP) is 25.5. The Morgan fingerprint density at radius 3 is 0.989 bits per heavy atom. The van der Waals surface area contributed by atoms with Gasteiger partial charge in [0.25, 0.3) is 0 Å². The zero-order valence-corrected chi connectivity index (χ0v) is 52.0. The summed E-state index contributed by atoms with van der Waals surface area (Å²) in [5, 5.41) is 16.1. The maximum absolute atomic E-state index is 7.02. The summed E-state index contributed by atoms with van der Waals surface area (Å²) in [7, 11) is 0. The Hall–Kier alpha value is -11.4. The van der Waals surface area contributed by atoms with Crippen LogP contribution in [0.1, 0.15) is 49.9 Å². The average Bonchev–Trinajstić information content (AvgIpc) is 1.58. The quantitative estimate of drug-likeness (QED) is 0.165. The summed E-state index contributed by atoms with van der Waals surface area (Å²) in [6.45, 7) is 9.45. The highest BCUT2D eigenvalue weighted by Crippen LogP contribution is 2.56. The van der Waals surface area contributed by atoms with E-state index < -0.39 is 0 Å². The van der Waals surface area contributed by atoms with Gasteiger partial charge in [0.15, 0.2) is 0 Å². The molecule has 0 saturated heterocycles. The summed E-state index contributed by atoms with van der Waals surface area (Å²) in [5.74, 6) is 0. The average molecular weight is 1210 g/mol. The Bertz CT molecular complexity index is 6150. The molecule has 0 unspecified atom stereocenters. The molecule has 0 atom stereocenters. The molecule has 438 valence electrons. The van der Waals surface area contributed by atoms with Gasteiger partial charge in [-0.15, -0.1) is 11.3 Å². The summed E-state index contributed by atoms with van der Waals surface area (Å²) in [4.78, 5) is 4.72. The van der Waals surface area contributed by atoms with Crippen LogP contribution in [-0.4, -0.2) is 0 Å². The molecule has 6 nitrogen and oxygen atoms in total. The summed E-state index contributed by atoms with van der Waals surface area (Å²) >= 11 is 1.82. The van der Waals surface area contributed by atoms with Crippen molar-refractivity contribution in [1.29, 1.82) is 0 Å². The third-order valence-corrected chi connectivity index (χ3v) is 22.1. The molecule has 14 aromatic carbocycles. The summed E-state index contributed by atoms with van der Waals surface area (Å²) < 4.78 is 29.5. The van der Waals surface area contributed by atoms with Crippen molar-refractivity contribution in [3.05, 3.63) is 277 Å². The Morgan fingerprint density at radius 1 is 0.247 bits per heavy atom.